The van der Waals surface area contributed by atoms with Gasteiger partial charge >= 0.3 is 17.7 Å². The van der Waals surface area contributed by atoms with Crippen LogP contribution in [0.1, 0.15) is 46.6 Å². The van der Waals surface area contributed by atoms with Crippen molar-refractivity contribution in [2.45, 2.75) is 59.1 Å². The van der Waals surface area contributed by atoms with Gasteiger partial charge < -0.3 is 19.2 Å². The van der Waals surface area contributed by atoms with E-state index in [2.05, 4.69) is 5.32 Å². The van der Waals surface area contributed by atoms with E-state index in [1.165, 1.54) is 12.1 Å². The predicted octanol–water partition coefficient (Wildman–Crippen LogP) is 3.56. The highest BCUT2D eigenvalue weighted by atomic mass is 16.6. The van der Waals surface area contributed by atoms with Crippen molar-refractivity contribution in [1.29, 1.82) is 0 Å². The molecule has 0 unspecified atom stereocenters. The van der Waals surface area contributed by atoms with Gasteiger partial charge in [0.1, 0.15) is 23.0 Å². The van der Waals surface area contributed by atoms with Crippen LogP contribution in [0.15, 0.2) is 33.5 Å². The predicted molar refractivity (Wildman–Crippen MR) is 101 cm³/mol. The normalized spacial score (nSPS) is 12.5. The number of rotatable bonds is 5. The molecule has 7 nitrogen and oxygen atoms in total. The Hall–Kier alpha value is -2.83. The highest BCUT2D eigenvalue weighted by molar-refractivity contribution is 5.85. The molecule has 27 heavy (non-hydrogen) atoms. The molecule has 1 amide bonds. The average molecular weight is 375 g/mol. The third-order valence-electron chi connectivity index (χ3n) is 3.78. The summed E-state index contributed by atoms with van der Waals surface area (Å²) in [5, 5.41) is 3.29. The number of fused-ring (bicyclic) bond motifs is 1. The largest absolute Gasteiger partial charge is 0.444 e. The monoisotopic (exact) mass is 375 g/mol. The highest BCUT2D eigenvalue weighted by Gasteiger charge is 2.24. The number of esters is 1. The van der Waals surface area contributed by atoms with E-state index in [4.69, 9.17) is 13.9 Å². The maximum atomic E-state index is 12.4. The van der Waals surface area contributed by atoms with Gasteiger partial charge in [-0.25, -0.2) is 14.4 Å². The van der Waals surface area contributed by atoms with Crippen LogP contribution in [0.3, 0.4) is 0 Å². The van der Waals surface area contributed by atoms with Gasteiger partial charge in [-0.1, -0.05) is 13.8 Å². The van der Waals surface area contributed by atoms with E-state index < -0.39 is 29.3 Å². The molecule has 1 atom stereocenters. The van der Waals surface area contributed by atoms with Crippen LogP contribution < -0.4 is 15.7 Å². The van der Waals surface area contributed by atoms with Crippen LogP contribution >= 0.6 is 0 Å². The fourth-order valence-corrected chi connectivity index (χ4v) is 2.53. The summed E-state index contributed by atoms with van der Waals surface area (Å²) in [6.07, 6.45) is 0.322. The minimum Gasteiger partial charge on any atom is -0.444 e. The maximum Gasteiger partial charge on any atom is 0.408 e. The average Bonchev–Trinajstić information content (AvgIpc) is 2.56. The van der Waals surface area contributed by atoms with Crippen molar-refractivity contribution in [3.05, 3.63) is 40.2 Å². The van der Waals surface area contributed by atoms with Crippen LogP contribution in [0.2, 0.25) is 0 Å². The molecule has 0 saturated heterocycles. The summed E-state index contributed by atoms with van der Waals surface area (Å²) in [5.41, 5.74) is 0.0786. The molecule has 0 aliphatic rings. The first-order chi connectivity index (χ1) is 12.6. The molecule has 1 aromatic heterocycles. The Labute approximate surface area is 157 Å². The maximum absolute atomic E-state index is 12.4. The molecule has 0 saturated carbocycles. The summed E-state index contributed by atoms with van der Waals surface area (Å²) in [5.74, 6) is -0.398. The SMILES string of the molecule is CCc1cc(=O)oc2cc(OC(=O)[C@@H](CC)NC(=O)OC(C)(C)C)ccc12. The molecule has 7 heteroatoms. The second kappa shape index (κ2) is 8.24. The van der Waals surface area contributed by atoms with Gasteiger partial charge in [0, 0.05) is 17.5 Å². The summed E-state index contributed by atoms with van der Waals surface area (Å²) in [7, 11) is 0. The van der Waals surface area contributed by atoms with Gasteiger partial charge in [0.2, 0.25) is 0 Å². The van der Waals surface area contributed by atoms with Gasteiger partial charge in [0.15, 0.2) is 0 Å². The second-order valence-corrected chi connectivity index (χ2v) is 7.13. The summed E-state index contributed by atoms with van der Waals surface area (Å²) in [4.78, 5) is 35.9. The molecule has 1 heterocycles. The standard InChI is InChI=1S/C20H25NO6/c1-6-12-10-17(22)26-16-11-13(8-9-14(12)16)25-18(23)15(7-2)21-19(24)27-20(3,4)5/h8-11,15H,6-7H2,1-5H3,(H,21,24)/t15-/m1/s1. The second-order valence-electron chi connectivity index (χ2n) is 7.13. The number of amides is 1. The minimum absolute atomic E-state index is 0.230. The van der Waals surface area contributed by atoms with Crippen molar-refractivity contribution >= 4 is 23.0 Å². The van der Waals surface area contributed by atoms with Crippen molar-refractivity contribution in [3.63, 3.8) is 0 Å². The summed E-state index contributed by atoms with van der Waals surface area (Å²) in [6.45, 7) is 8.89. The summed E-state index contributed by atoms with van der Waals surface area (Å²) >= 11 is 0. The Balaban J connectivity index is 2.16. The van der Waals surface area contributed by atoms with E-state index >= 15 is 0 Å². The molecule has 2 rings (SSSR count). The van der Waals surface area contributed by atoms with Crippen LogP contribution in [0.5, 0.6) is 5.75 Å². The fraction of sp³-hybridized carbons (Fsp3) is 0.450. The van der Waals surface area contributed by atoms with Gasteiger partial charge in [-0.05, 0) is 51.3 Å². The summed E-state index contributed by atoms with van der Waals surface area (Å²) < 4.78 is 15.7. The molecule has 1 aromatic carbocycles. The topological polar surface area (TPSA) is 94.8 Å². The Morgan fingerprint density at radius 1 is 1.19 bits per heavy atom. The number of hydrogen-bond donors (Lipinski definition) is 1. The van der Waals surface area contributed by atoms with Crippen molar-refractivity contribution in [1.82, 2.24) is 5.32 Å². The fourth-order valence-electron chi connectivity index (χ4n) is 2.53. The Kier molecular flexibility index (Phi) is 6.25. The summed E-state index contributed by atoms with van der Waals surface area (Å²) in [6, 6.07) is 5.45. The first-order valence-corrected chi connectivity index (χ1v) is 8.91. The van der Waals surface area contributed by atoms with Gasteiger partial charge in [-0.15, -0.1) is 0 Å². The van der Waals surface area contributed by atoms with Gasteiger partial charge in [0.05, 0.1) is 0 Å². The van der Waals surface area contributed by atoms with Crippen molar-refractivity contribution in [2.75, 3.05) is 0 Å². The molecule has 0 radical (unpaired) electrons. The van der Waals surface area contributed by atoms with E-state index in [-0.39, 0.29) is 5.75 Å². The lowest BCUT2D eigenvalue weighted by atomic mass is 10.1. The van der Waals surface area contributed by atoms with Gasteiger partial charge in [0.25, 0.3) is 0 Å². The third-order valence-corrected chi connectivity index (χ3v) is 3.78. The zero-order valence-corrected chi connectivity index (χ0v) is 16.3. The lowest BCUT2D eigenvalue weighted by Crippen LogP contribution is -2.44. The number of alkyl carbamates (subject to hydrolysis) is 1. The minimum atomic E-state index is -0.857. The van der Waals surface area contributed by atoms with Crippen LogP contribution in [-0.4, -0.2) is 23.7 Å². The van der Waals surface area contributed by atoms with Gasteiger partial charge in [-0.3, -0.25) is 0 Å². The molecule has 0 bridgehead atoms. The molecular weight excluding hydrogens is 350 g/mol. The number of hydrogen-bond acceptors (Lipinski definition) is 6. The first kappa shape index (κ1) is 20.5. The van der Waals surface area contributed by atoms with Crippen molar-refractivity contribution < 1.29 is 23.5 Å². The molecule has 2 aromatic rings. The molecule has 0 spiro atoms. The highest BCUT2D eigenvalue weighted by Crippen LogP contribution is 2.23. The Bertz CT molecular complexity index is 893. The third kappa shape index (κ3) is 5.57. The number of carbonyl (C=O) groups is 2. The van der Waals surface area contributed by atoms with E-state index in [0.717, 1.165) is 10.9 Å². The molecular formula is C20H25NO6. The van der Waals surface area contributed by atoms with Crippen molar-refractivity contribution in [2.24, 2.45) is 0 Å². The zero-order valence-electron chi connectivity index (χ0n) is 16.3. The van der Waals surface area contributed by atoms with E-state index in [1.807, 2.05) is 6.92 Å². The van der Waals surface area contributed by atoms with Gasteiger partial charge in [-0.2, -0.15) is 0 Å². The molecule has 1 N–H and O–H groups in total. The van der Waals surface area contributed by atoms with Crippen LogP contribution in [0.4, 0.5) is 4.79 Å². The lowest BCUT2D eigenvalue weighted by Gasteiger charge is -2.22. The number of aryl methyl sites for hydroxylation is 1. The first-order valence-electron chi connectivity index (χ1n) is 8.91. The van der Waals surface area contributed by atoms with E-state index in [1.54, 1.807) is 39.8 Å². The van der Waals surface area contributed by atoms with Crippen LogP contribution in [0.25, 0.3) is 11.0 Å². The molecule has 0 aliphatic heterocycles. The number of carbonyl (C=O) groups excluding carboxylic acids is 2. The van der Waals surface area contributed by atoms with Crippen LogP contribution in [0, 0.1) is 0 Å². The number of ether oxygens (including phenoxy) is 2. The lowest BCUT2D eigenvalue weighted by molar-refractivity contribution is -0.136. The van der Waals surface area contributed by atoms with Crippen molar-refractivity contribution in [3.8, 4) is 5.75 Å². The quantitative estimate of drug-likeness (QED) is 0.488. The zero-order chi connectivity index (χ0) is 20.2. The Morgan fingerprint density at radius 3 is 2.48 bits per heavy atom. The molecule has 146 valence electrons. The number of nitrogens with one attached hydrogen (secondary N) is 1. The van der Waals surface area contributed by atoms with E-state index in [9.17, 15) is 14.4 Å². The Morgan fingerprint density at radius 2 is 1.89 bits per heavy atom. The number of benzene rings is 1. The smallest absolute Gasteiger partial charge is 0.408 e. The van der Waals surface area contributed by atoms with E-state index in [0.29, 0.717) is 18.4 Å². The molecule has 0 fully saturated rings. The van der Waals surface area contributed by atoms with Crippen LogP contribution in [-0.2, 0) is 16.0 Å². The molecule has 0 aliphatic carbocycles.